The molecule has 2 aromatic carbocycles. The van der Waals surface area contributed by atoms with Gasteiger partial charge in [-0.2, -0.15) is 0 Å². The summed E-state index contributed by atoms with van der Waals surface area (Å²) in [5.41, 5.74) is 18.8. The number of nitrogens with zero attached hydrogens (tertiary/aromatic N) is 3. The van der Waals surface area contributed by atoms with Crippen LogP contribution in [0, 0.1) is 0 Å². The van der Waals surface area contributed by atoms with Gasteiger partial charge in [-0.25, -0.2) is 4.98 Å². The lowest BCUT2D eigenvalue weighted by Crippen LogP contribution is -2.60. The number of amides is 9. The number of halogens is 4. The van der Waals surface area contributed by atoms with Gasteiger partial charge in [0, 0.05) is 81.2 Å². The molecule has 3 heterocycles. The molecule has 5 atom stereocenters. The van der Waals surface area contributed by atoms with Gasteiger partial charge in [-0.05, 0) is 68.2 Å². The van der Waals surface area contributed by atoms with Crippen molar-refractivity contribution in [3.63, 3.8) is 0 Å². The quantitative estimate of drug-likeness (QED) is 0.0234. The van der Waals surface area contributed by atoms with Crippen molar-refractivity contribution in [2.45, 2.75) is 114 Å². The van der Waals surface area contributed by atoms with Crippen LogP contribution in [0.5, 0.6) is 0 Å². The van der Waals surface area contributed by atoms with E-state index >= 15 is 0 Å². The standard InChI is InChI=1S/C50H65Cl4N15O9/c1-27(70)59-15-7-2-3-14-41(73)69-24-39(71)60-16-8-6-12-34(45(55)74)65-47(76)37(20-29-22-62-33-11-5-4-10-31(29)33)67-46(75)35(13-9-17-61-50(56)57)66-48(77)36(19-28-18-32(51)43(53)44(54)42(28)52)68-49(78)38(64-40(72)25-69)21-30-23-58-26-63-30/h4-5,10-11,18,22-23,26,34-38,62H,2-3,6-9,12-17,19-21,24-25H2,1H3,(H2,55,74)(H,58,63)(H,59,70)(H,60,71)(H,64,72)(H,65,76)(H,66,77)(H,67,75)(H,68,78)(H4,56,57,61)/t34-,35-,36+,37-,38-/m0/s1. The number of guanidine groups is 1. The predicted octanol–water partition coefficient (Wildman–Crippen LogP) is 1.32. The number of nitrogens with two attached hydrogens (primary N) is 3. The van der Waals surface area contributed by atoms with Crippen LogP contribution < -0.4 is 54.4 Å². The molecule has 1 aliphatic rings. The molecule has 24 nitrogen and oxygen atoms in total. The number of carbonyl (C=O) groups is 9. The second-order valence-electron chi connectivity index (χ2n) is 18.6. The average Bonchev–Trinajstić information content (AvgIpc) is 4.07. The summed E-state index contributed by atoms with van der Waals surface area (Å²) >= 11 is 25.8. The van der Waals surface area contributed by atoms with Crippen LogP contribution in [0.1, 0.15) is 81.5 Å². The molecule has 4 aromatic rings. The Bertz CT molecular complexity index is 2810. The van der Waals surface area contributed by atoms with Crippen LogP contribution in [0.25, 0.3) is 10.9 Å². The van der Waals surface area contributed by atoms with Gasteiger partial charge in [0.15, 0.2) is 5.96 Å². The lowest BCUT2D eigenvalue weighted by Gasteiger charge is -2.28. The molecule has 0 unspecified atom stereocenters. The predicted molar refractivity (Wildman–Crippen MR) is 294 cm³/mol. The van der Waals surface area contributed by atoms with Crippen LogP contribution >= 0.6 is 46.4 Å². The Balaban J connectivity index is 1.56. The number of hydrogen-bond acceptors (Lipinski definition) is 11. The molecular formula is C50H65Cl4N15O9. The van der Waals surface area contributed by atoms with Gasteiger partial charge in [-0.1, -0.05) is 71.0 Å². The highest BCUT2D eigenvalue weighted by atomic mass is 35.5. The number of aromatic nitrogens is 3. The minimum atomic E-state index is -1.63. The maximum Gasteiger partial charge on any atom is 0.243 e. The van der Waals surface area contributed by atoms with Crippen LogP contribution in [0.3, 0.4) is 0 Å². The lowest BCUT2D eigenvalue weighted by atomic mass is 10.0. The minimum Gasteiger partial charge on any atom is -0.370 e. The van der Waals surface area contributed by atoms with Crippen molar-refractivity contribution in [1.82, 2.24) is 57.1 Å². The highest BCUT2D eigenvalue weighted by Crippen LogP contribution is 2.38. The molecule has 1 aliphatic heterocycles. The summed E-state index contributed by atoms with van der Waals surface area (Å²) in [5, 5.41) is 19.2. The highest BCUT2D eigenvalue weighted by molar-refractivity contribution is 6.52. The number of nitrogens with one attached hydrogen (secondary N) is 9. The summed E-state index contributed by atoms with van der Waals surface area (Å²) in [7, 11) is 0. The number of hydrogen-bond donors (Lipinski definition) is 12. The van der Waals surface area contributed by atoms with Crippen LogP contribution in [0.4, 0.5) is 0 Å². The molecule has 0 aliphatic carbocycles. The van der Waals surface area contributed by atoms with E-state index in [1.165, 1.54) is 25.5 Å². The van der Waals surface area contributed by atoms with E-state index in [9.17, 15) is 43.2 Å². The first-order valence-corrected chi connectivity index (χ1v) is 26.7. The minimum absolute atomic E-state index is 0.0146. The molecule has 9 amide bonds. The van der Waals surface area contributed by atoms with Crippen molar-refractivity contribution in [2.24, 2.45) is 22.2 Å². The Morgan fingerprint density at radius 3 is 2.06 bits per heavy atom. The molecule has 422 valence electrons. The third-order valence-corrected chi connectivity index (χ3v) is 14.3. The van der Waals surface area contributed by atoms with Crippen molar-refractivity contribution >= 4 is 116 Å². The molecule has 2 aromatic heterocycles. The Morgan fingerprint density at radius 1 is 0.731 bits per heavy atom. The van der Waals surface area contributed by atoms with Crippen molar-refractivity contribution in [1.29, 1.82) is 0 Å². The van der Waals surface area contributed by atoms with E-state index in [1.54, 1.807) is 12.3 Å². The number of fused-ring (bicyclic) bond motifs is 1. The topological polar surface area (TPSA) is 376 Å². The third kappa shape index (κ3) is 19.4. The van der Waals surface area contributed by atoms with Gasteiger partial charge >= 0.3 is 0 Å². The summed E-state index contributed by atoms with van der Waals surface area (Å²) in [4.78, 5) is 139. The largest absolute Gasteiger partial charge is 0.370 e. The summed E-state index contributed by atoms with van der Waals surface area (Å²) < 4.78 is 0. The van der Waals surface area contributed by atoms with Gasteiger partial charge in [-0.15, -0.1) is 0 Å². The average molecular weight is 1160 g/mol. The van der Waals surface area contributed by atoms with Crippen LogP contribution in [-0.2, 0) is 62.4 Å². The van der Waals surface area contributed by atoms with E-state index in [2.05, 4.69) is 57.2 Å². The Hall–Kier alpha value is -7.15. The molecule has 0 spiro atoms. The SMILES string of the molecule is CC(=O)NCCCCCC(=O)N1CC(=O)NCCCC[C@@H](C(N)=O)NC(=O)[C@H](Cc2c[nH]c3ccccc23)NC(=O)[C@H](CCCN=C(N)N)NC(=O)[C@@H](Cc2cc(Cl)c(Cl)c(Cl)c2Cl)NC(=O)[C@H](Cc2cnc[nH]2)NC(=O)C1. The number of unbranched alkanes of at least 4 members (excludes halogenated alkanes) is 2. The van der Waals surface area contributed by atoms with E-state index in [0.717, 1.165) is 15.8 Å². The number of rotatable bonds is 17. The van der Waals surface area contributed by atoms with Gasteiger partial charge < -0.3 is 69.3 Å². The summed E-state index contributed by atoms with van der Waals surface area (Å²) in [6.07, 6.45) is 5.66. The van der Waals surface area contributed by atoms with Gasteiger partial charge in [0.1, 0.15) is 43.3 Å². The number of H-pyrrole nitrogens is 2. The Labute approximate surface area is 469 Å². The number of carbonyl (C=O) groups excluding carboxylic acids is 9. The Kier molecular flexibility index (Phi) is 24.3. The number of para-hydroxylation sites is 1. The third-order valence-electron chi connectivity index (χ3n) is 12.5. The zero-order chi connectivity index (χ0) is 56.9. The van der Waals surface area contributed by atoms with Gasteiger partial charge in [0.05, 0.1) is 26.4 Å². The molecule has 5 rings (SSSR count). The summed E-state index contributed by atoms with van der Waals surface area (Å²) in [6, 6.07) is 1.43. The van der Waals surface area contributed by atoms with Crippen molar-refractivity contribution in [2.75, 3.05) is 32.7 Å². The lowest BCUT2D eigenvalue weighted by molar-refractivity contribution is -0.140. The van der Waals surface area contributed by atoms with E-state index in [4.69, 9.17) is 63.6 Å². The molecule has 78 heavy (non-hydrogen) atoms. The molecule has 0 radical (unpaired) electrons. The van der Waals surface area contributed by atoms with Crippen molar-refractivity contribution in [3.8, 4) is 0 Å². The fraction of sp³-hybridized carbons (Fsp3) is 0.460. The molecule has 15 N–H and O–H groups in total. The number of primary amides is 1. The van der Waals surface area contributed by atoms with E-state index in [0.29, 0.717) is 43.5 Å². The second-order valence-corrected chi connectivity index (χ2v) is 20.2. The van der Waals surface area contributed by atoms with Crippen molar-refractivity contribution < 1.29 is 43.2 Å². The number of imidazole rings is 1. The molecule has 0 saturated carbocycles. The van der Waals surface area contributed by atoms with Gasteiger partial charge in [0.25, 0.3) is 0 Å². The van der Waals surface area contributed by atoms with Gasteiger partial charge in [-0.3, -0.25) is 48.1 Å². The summed E-state index contributed by atoms with van der Waals surface area (Å²) in [6.45, 7) is 0.633. The fourth-order valence-electron chi connectivity index (χ4n) is 8.48. The van der Waals surface area contributed by atoms with Crippen molar-refractivity contribution in [3.05, 3.63) is 86.0 Å². The number of aromatic amines is 2. The zero-order valence-corrected chi connectivity index (χ0v) is 45.8. The van der Waals surface area contributed by atoms with Crippen LogP contribution in [-0.4, -0.2) is 142 Å². The fourth-order valence-corrected chi connectivity index (χ4v) is 9.40. The smallest absolute Gasteiger partial charge is 0.243 e. The molecular weight excluding hydrogens is 1100 g/mol. The first-order valence-electron chi connectivity index (χ1n) is 25.2. The maximum absolute atomic E-state index is 14.8. The molecule has 1 fully saturated rings. The zero-order valence-electron chi connectivity index (χ0n) is 42.8. The van der Waals surface area contributed by atoms with E-state index in [1.807, 2.05) is 18.2 Å². The number of aliphatic imine (C=N–C) groups is 1. The normalized spacial score (nSPS) is 19.8. The van der Waals surface area contributed by atoms with Gasteiger partial charge in [0.2, 0.25) is 53.2 Å². The van der Waals surface area contributed by atoms with E-state index < -0.39 is 97.0 Å². The first kappa shape index (κ1) is 61.7. The highest BCUT2D eigenvalue weighted by Gasteiger charge is 2.34. The molecule has 1 saturated heterocycles. The monoisotopic (exact) mass is 1160 g/mol. The van der Waals surface area contributed by atoms with E-state index in [-0.39, 0.29) is 95.6 Å². The summed E-state index contributed by atoms with van der Waals surface area (Å²) in [5.74, 6) is -6.87. The maximum atomic E-state index is 14.8. The van der Waals surface area contributed by atoms with Crippen LogP contribution in [0.15, 0.2) is 54.0 Å². The van der Waals surface area contributed by atoms with Crippen LogP contribution in [0.2, 0.25) is 20.1 Å². The molecule has 28 heteroatoms. The first-order chi connectivity index (χ1) is 37.2. The second kappa shape index (κ2) is 30.7. The Morgan fingerprint density at radius 2 is 1.38 bits per heavy atom. The number of benzene rings is 2. The molecule has 0 bridgehead atoms.